The molecule has 25 heavy (non-hydrogen) atoms. The molecule has 0 bridgehead atoms. The lowest BCUT2D eigenvalue weighted by atomic mass is 10.1. The van der Waals surface area contributed by atoms with Crippen LogP contribution in [-0.4, -0.2) is 34.8 Å². The molecule has 0 saturated carbocycles. The second-order valence-electron chi connectivity index (χ2n) is 6.16. The fourth-order valence-corrected chi connectivity index (χ4v) is 2.77. The normalized spacial score (nSPS) is 14.4. The van der Waals surface area contributed by atoms with Crippen molar-refractivity contribution < 1.29 is 9.59 Å². The van der Waals surface area contributed by atoms with Crippen LogP contribution in [0.1, 0.15) is 34.3 Å². The molecule has 3 rings (SSSR count). The lowest BCUT2D eigenvalue weighted by molar-refractivity contribution is -0.126. The maximum Gasteiger partial charge on any atom is 0.270 e. The summed E-state index contributed by atoms with van der Waals surface area (Å²) < 4.78 is 0. The van der Waals surface area contributed by atoms with Crippen molar-refractivity contribution in [2.24, 2.45) is 0 Å². The molecule has 0 unspecified atom stereocenters. The zero-order chi connectivity index (χ0) is 17.6. The monoisotopic (exact) mass is 335 g/mol. The number of pyridine rings is 1. The Morgan fingerprint density at radius 3 is 2.48 bits per heavy atom. The van der Waals surface area contributed by atoms with Crippen molar-refractivity contribution in [1.29, 1.82) is 0 Å². The van der Waals surface area contributed by atoms with E-state index >= 15 is 0 Å². The first kappa shape index (κ1) is 16.9. The molecule has 2 amide bonds. The van der Waals surface area contributed by atoms with Gasteiger partial charge in [-0.3, -0.25) is 14.6 Å². The van der Waals surface area contributed by atoms with Crippen molar-refractivity contribution in [2.75, 3.05) is 13.1 Å². The topological polar surface area (TPSA) is 62.3 Å². The number of carbonyl (C=O) groups excluding carboxylic acids is 2. The molecule has 5 heteroatoms. The number of nitrogens with zero attached hydrogens (tertiary/aromatic N) is 2. The van der Waals surface area contributed by atoms with Gasteiger partial charge in [-0.2, -0.15) is 0 Å². The molecule has 0 spiro atoms. The number of amides is 2. The van der Waals surface area contributed by atoms with Crippen molar-refractivity contribution in [3.63, 3.8) is 0 Å². The molecule has 128 valence electrons. The summed E-state index contributed by atoms with van der Waals surface area (Å²) in [5.41, 5.74) is 2.66. The second kappa shape index (κ2) is 7.75. The summed E-state index contributed by atoms with van der Waals surface area (Å²) in [7, 11) is 0. The molecule has 2 aromatic rings. The molecule has 1 fully saturated rings. The van der Waals surface area contributed by atoms with Crippen molar-refractivity contribution in [3.05, 3.63) is 71.2 Å². The molecular formula is C20H21N3O2. The Morgan fingerprint density at radius 1 is 1.12 bits per heavy atom. The summed E-state index contributed by atoms with van der Waals surface area (Å²) in [5.74, 6) is -0.440. The molecule has 1 aromatic carbocycles. The summed E-state index contributed by atoms with van der Waals surface area (Å²) in [4.78, 5) is 31.2. The number of aromatic nitrogens is 1. The molecule has 0 atom stereocenters. The Morgan fingerprint density at radius 2 is 1.84 bits per heavy atom. The maximum absolute atomic E-state index is 12.8. The van der Waals surface area contributed by atoms with E-state index in [1.807, 2.05) is 25.1 Å². The van der Waals surface area contributed by atoms with Crippen molar-refractivity contribution in [3.8, 4) is 0 Å². The van der Waals surface area contributed by atoms with Gasteiger partial charge in [0.25, 0.3) is 11.8 Å². The van der Waals surface area contributed by atoms with Crippen LogP contribution in [0.5, 0.6) is 0 Å². The number of benzene rings is 1. The molecular weight excluding hydrogens is 314 g/mol. The number of likely N-dealkylation sites (tertiary alicyclic amines) is 1. The van der Waals surface area contributed by atoms with Gasteiger partial charge in [-0.15, -0.1) is 0 Å². The zero-order valence-electron chi connectivity index (χ0n) is 14.2. The van der Waals surface area contributed by atoms with Gasteiger partial charge in [-0.1, -0.05) is 23.8 Å². The minimum atomic E-state index is -0.289. The lowest BCUT2D eigenvalue weighted by Crippen LogP contribution is -2.36. The first-order valence-corrected chi connectivity index (χ1v) is 8.42. The predicted molar refractivity (Wildman–Crippen MR) is 96.7 cm³/mol. The Bertz CT molecular complexity index is 776. The summed E-state index contributed by atoms with van der Waals surface area (Å²) >= 11 is 0. The summed E-state index contributed by atoms with van der Waals surface area (Å²) in [6, 6.07) is 10.9. The third-order valence-corrected chi connectivity index (χ3v) is 4.18. The number of hydrogen-bond acceptors (Lipinski definition) is 3. The second-order valence-corrected chi connectivity index (χ2v) is 6.16. The third-order valence-electron chi connectivity index (χ3n) is 4.18. The maximum atomic E-state index is 12.8. The Kier molecular flexibility index (Phi) is 5.23. The predicted octanol–water partition coefficient (Wildman–Crippen LogP) is 2.78. The van der Waals surface area contributed by atoms with Crippen LogP contribution in [0.3, 0.4) is 0 Å². The van der Waals surface area contributed by atoms with Crippen LogP contribution in [0.25, 0.3) is 6.08 Å². The molecule has 0 aliphatic carbocycles. The van der Waals surface area contributed by atoms with Crippen LogP contribution in [0.4, 0.5) is 0 Å². The number of aryl methyl sites for hydroxylation is 1. The van der Waals surface area contributed by atoms with Crippen molar-refractivity contribution in [1.82, 2.24) is 15.2 Å². The van der Waals surface area contributed by atoms with Gasteiger partial charge in [-0.05, 0) is 49.6 Å². The van der Waals surface area contributed by atoms with Gasteiger partial charge in [0.15, 0.2) is 0 Å². The highest BCUT2D eigenvalue weighted by Crippen LogP contribution is 2.14. The van der Waals surface area contributed by atoms with Gasteiger partial charge in [0.1, 0.15) is 5.70 Å². The van der Waals surface area contributed by atoms with E-state index in [-0.39, 0.29) is 17.5 Å². The summed E-state index contributed by atoms with van der Waals surface area (Å²) in [6.07, 6.45) is 7.01. The quantitative estimate of drug-likeness (QED) is 0.874. The first-order valence-electron chi connectivity index (χ1n) is 8.42. The van der Waals surface area contributed by atoms with Gasteiger partial charge < -0.3 is 10.2 Å². The van der Waals surface area contributed by atoms with E-state index in [0.717, 1.165) is 37.1 Å². The van der Waals surface area contributed by atoms with Crippen LogP contribution < -0.4 is 5.32 Å². The van der Waals surface area contributed by atoms with Gasteiger partial charge in [0.2, 0.25) is 0 Å². The van der Waals surface area contributed by atoms with Crippen LogP contribution in [0.15, 0.2) is 54.5 Å². The highest BCUT2D eigenvalue weighted by Gasteiger charge is 2.23. The Balaban J connectivity index is 1.85. The molecule has 5 nitrogen and oxygen atoms in total. The number of nitrogens with one attached hydrogen (secondary N) is 1. The van der Waals surface area contributed by atoms with Crippen molar-refractivity contribution in [2.45, 2.75) is 19.8 Å². The number of carbonyl (C=O) groups is 2. The summed E-state index contributed by atoms with van der Waals surface area (Å²) in [6.45, 7) is 3.42. The van der Waals surface area contributed by atoms with E-state index in [4.69, 9.17) is 0 Å². The fraction of sp³-hybridized carbons (Fsp3) is 0.250. The number of hydrogen-bond donors (Lipinski definition) is 1. The molecule has 1 aliphatic rings. The van der Waals surface area contributed by atoms with Gasteiger partial charge in [-0.25, -0.2) is 0 Å². The van der Waals surface area contributed by atoms with Gasteiger partial charge in [0.05, 0.1) is 0 Å². The highest BCUT2D eigenvalue weighted by molar-refractivity contribution is 6.05. The zero-order valence-corrected chi connectivity index (χ0v) is 14.2. The highest BCUT2D eigenvalue weighted by atomic mass is 16.2. The largest absolute Gasteiger partial charge is 0.337 e. The Hall–Kier alpha value is -2.95. The van der Waals surface area contributed by atoms with Crippen LogP contribution in [-0.2, 0) is 4.79 Å². The molecule has 2 heterocycles. The average Bonchev–Trinajstić information content (AvgIpc) is 3.16. The van der Waals surface area contributed by atoms with E-state index in [0.29, 0.717) is 5.56 Å². The minimum absolute atomic E-state index is 0.151. The average molecular weight is 335 g/mol. The smallest absolute Gasteiger partial charge is 0.270 e. The Labute approximate surface area is 147 Å². The number of rotatable bonds is 4. The van der Waals surface area contributed by atoms with Gasteiger partial charge >= 0.3 is 0 Å². The molecule has 0 radical (unpaired) electrons. The van der Waals surface area contributed by atoms with E-state index in [2.05, 4.69) is 10.3 Å². The standard InChI is InChI=1S/C20H21N3O2/c1-15-6-8-17(9-7-15)19(24)22-18(13-16-5-4-10-21-14-16)20(25)23-11-2-3-12-23/h4-10,13-14H,2-3,11-12H2,1H3,(H,22,24)/b18-13+. The third kappa shape index (κ3) is 4.32. The van der Waals surface area contributed by atoms with E-state index in [9.17, 15) is 9.59 Å². The molecule has 1 aromatic heterocycles. The van der Waals surface area contributed by atoms with Crippen molar-refractivity contribution >= 4 is 17.9 Å². The molecule has 1 saturated heterocycles. The van der Waals surface area contributed by atoms with E-state index in [1.165, 1.54) is 0 Å². The van der Waals surface area contributed by atoms with Crippen LogP contribution in [0.2, 0.25) is 0 Å². The van der Waals surface area contributed by atoms with E-state index < -0.39 is 0 Å². The minimum Gasteiger partial charge on any atom is -0.337 e. The summed E-state index contributed by atoms with van der Waals surface area (Å²) in [5, 5.41) is 2.78. The van der Waals surface area contributed by atoms with Crippen LogP contribution >= 0.6 is 0 Å². The van der Waals surface area contributed by atoms with Gasteiger partial charge in [0, 0.05) is 31.0 Å². The molecule has 1 aliphatic heterocycles. The van der Waals surface area contributed by atoms with Crippen LogP contribution in [0, 0.1) is 6.92 Å². The lowest BCUT2D eigenvalue weighted by Gasteiger charge is -2.18. The fourth-order valence-electron chi connectivity index (χ4n) is 2.77. The first-order chi connectivity index (χ1) is 12.1. The molecule has 1 N–H and O–H groups in total. The SMILES string of the molecule is Cc1ccc(C(=O)N/C(=C/c2cccnc2)C(=O)N2CCCC2)cc1. The van der Waals surface area contributed by atoms with E-state index in [1.54, 1.807) is 41.6 Å².